The molecule has 0 unspecified atom stereocenters. The Labute approximate surface area is 119 Å². The summed E-state index contributed by atoms with van der Waals surface area (Å²) < 4.78 is 0. The minimum atomic E-state index is -0.0706. The summed E-state index contributed by atoms with van der Waals surface area (Å²) in [6, 6.07) is 6.34. The van der Waals surface area contributed by atoms with Gasteiger partial charge in [0.25, 0.3) is 0 Å². The van der Waals surface area contributed by atoms with Gasteiger partial charge in [0.05, 0.1) is 10.0 Å². The molecule has 0 atom stereocenters. The van der Waals surface area contributed by atoms with Gasteiger partial charge in [-0.15, -0.1) is 0 Å². The summed E-state index contributed by atoms with van der Waals surface area (Å²) in [4.78, 5) is 8.08. The number of benzene rings is 1. The molecule has 1 heterocycles. The second-order valence-corrected chi connectivity index (χ2v) is 4.70. The van der Waals surface area contributed by atoms with Crippen molar-refractivity contribution in [2.45, 2.75) is 0 Å². The largest absolute Gasteiger partial charge is 0.506 e. The molecule has 0 aliphatic carbocycles. The van der Waals surface area contributed by atoms with Crippen LogP contribution in [0.5, 0.6) is 5.75 Å². The fraction of sp³-hybridized carbons (Fsp3) is 0. The fourth-order valence-electron chi connectivity index (χ4n) is 1.26. The van der Waals surface area contributed by atoms with Gasteiger partial charge in [0.2, 0.25) is 0 Å². The molecule has 3 nitrogen and oxygen atoms in total. The molecular formula is C12H7Cl3N2O. The number of phenolic OH excluding ortho intramolecular Hbond substituents is 1. The number of hydrogen-bond donors (Lipinski definition) is 1. The number of rotatable bonds is 2. The van der Waals surface area contributed by atoms with Crippen molar-refractivity contribution in [3.63, 3.8) is 0 Å². The number of aliphatic imine (C=N–C) groups is 1. The lowest BCUT2D eigenvalue weighted by Gasteiger charge is -2.02. The highest BCUT2D eigenvalue weighted by Gasteiger charge is 2.05. The summed E-state index contributed by atoms with van der Waals surface area (Å²) in [5, 5.41) is 10.8. The van der Waals surface area contributed by atoms with E-state index in [0.717, 1.165) is 0 Å². The van der Waals surface area contributed by atoms with Crippen molar-refractivity contribution in [1.29, 1.82) is 0 Å². The van der Waals surface area contributed by atoms with Crippen LogP contribution in [0, 0.1) is 0 Å². The predicted octanol–water partition coefficient (Wildman–Crippen LogP) is 4.50. The van der Waals surface area contributed by atoms with E-state index in [-0.39, 0.29) is 10.8 Å². The third-order valence-electron chi connectivity index (χ3n) is 2.11. The number of hydrogen-bond acceptors (Lipinski definition) is 3. The summed E-state index contributed by atoms with van der Waals surface area (Å²) in [6.07, 6.45) is 2.92. The normalized spacial score (nSPS) is 11.1. The van der Waals surface area contributed by atoms with E-state index in [0.29, 0.717) is 21.4 Å². The van der Waals surface area contributed by atoms with Crippen LogP contribution in [0.3, 0.4) is 0 Å². The Bertz CT molecular complexity index is 597. The molecule has 18 heavy (non-hydrogen) atoms. The Morgan fingerprint density at radius 3 is 2.56 bits per heavy atom. The summed E-state index contributed by atoms with van der Waals surface area (Å²) in [7, 11) is 0. The average Bonchev–Trinajstić information content (AvgIpc) is 2.34. The second-order valence-electron chi connectivity index (χ2n) is 3.42. The van der Waals surface area contributed by atoms with Gasteiger partial charge in [0.1, 0.15) is 5.75 Å². The lowest BCUT2D eigenvalue weighted by atomic mass is 10.2. The molecule has 0 spiro atoms. The standard InChI is InChI=1S/C12H7Cl3N2O/c13-8-1-2-11(17-6-8)16-5-7-3-9(14)4-10(15)12(7)18/h1-6,18H/b16-5+. The zero-order valence-corrected chi connectivity index (χ0v) is 11.2. The maximum atomic E-state index is 9.72. The van der Waals surface area contributed by atoms with Crippen LogP contribution >= 0.6 is 34.8 Å². The summed E-state index contributed by atoms with van der Waals surface area (Å²) in [5.41, 5.74) is 0.421. The molecule has 92 valence electrons. The number of halogens is 3. The highest BCUT2D eigenvalue weighted by atomic mass is 35.5. The lowest BCUT2D eigenvalue weighted by Crippen LogP contribution is -1.84. The third-order valence-corrected chi connectivity index (χ3v) is 2.84. The topological polar surface area (TPSA) is 45.5 Å². The second kappa shape index (κ2) is 5.57. The SMILES string of the molecule is Oc1c(Cl)cc(Cl)cc1/C=N/c1ccc(Cl)cn1. The Hall–Kier alpha value is -1.29. The maximum Gasteiger partial charge on any atom is 0.151 e. The quantitative estimate of drug-likeness (QED) is 0.830. The minimum Gasteiger partial charge on any atom is -0.506 e. The first-order valence-electron chi connectivity index (χ1n) is 4.90. The van der Waals surface area contributed by atoms with Gasteiger partial charge in [0, 0.05) is 23.0 Å². The fourth-order valence-corrected chi connectivity index (χ4v) is 1.89. The molecule has 1 aromatic carbocycles. The van der Waals surface area contributed by atoms with Crippen molar-refractivity contribution in [2.75, 3.05) is 0 Å². The van der Waals surface area contributed by atoms with Crippen molar-refractivity contribution < 1.29 is 5.11 Å². The van der Waals surface area contributed by atoms with Crippen LogP contribution in [-0.4, -0.2) is 16.3 Å². The molecule has 0 radical (unpaired) electrons. The first-order chi connectivity index (χ1) is 8.56. The summed E-state index contributed by atoms with van der Waals surface area (Å²) in [6.45, 7) is 0. The van der Waals surface area contributed by atoms with Crippen LogP contribution in [0.2, 0.25) is 15.1 Å². The maximum absolute atomic E-state index is 9.72. The van der Waals surface area contributed by atoms with Gasteiger partial charge < -0.3 is 5.11 Å². The monoisotopic (exact) mass is 300 g/mol. The molecule has 2 rings (SSSR count). The van der Waals surface area contributed by atoms with E-state index in [2.05, 4.69) is 9.98 Å². The van der Waals surface area contributed by atoms with E-state index in [1.165, 1.54) is 18.5 Å². The van der Waals surface area contributed by atoms with E-state index in [9.17, 15) is 5.11 Å². The minimum absolute atomic E-state index is 0.0706. The van der Waals surface area contributed by atoms with E-state index in [1.807, 2.05) is 0 Å². The molecule has 0 bridgehead atoms. The van der Waals surface area contributed by atoms with E-state index >= 15 is 0 Å². The van der Waals surface area contributed by atoms with Crippen molar-refractivity contribution in [2.24, 2.45) is 4.99 Å². The van der Waals surface area contributed by atoms with Crippen molar-refractivity contribution in [3.8, 4) is 5.75 Å². The highest BCUT2D eigenvalue weighted by Crippen LogP contribution is 2.30. The number of nitrogens with zero attached hydrogens (tertiary/aromatic N) is 2. The van der Waals surface area contributed by atoms with Gasteiger partial charge in [-0.2, -0.15) is 0 Å². The molecule has 1 aromatic heterocycles. The van der Waals surface area contributed by atoms with Crippen molar-refractivity contribution in [1.82, 2.24) is 4.98 Å². The van der Waals surface area contributed by atoms with Crippen molar-refractivity contribution >= 4 is 46.8 Å². The summed E-state index contributed by atoms with van der Waals surface area (Å²) >= 11 is 17.3. The molecular weight excluding hydrogens is 295 g/mol. The zero-order chi connectivity index (χ0) is 13.1. The van der Waals surface area contributed by atoms with Crippen LogP contribution in [0.15, 0.2) is 35.5 Å². The Morgan fingerprint density at radius 2 is 1.89 bits per heavy atom. The van der Waals surface area contributed by atoms with E-state index < -0.39 is 0 Å². The molecule has 0 saturated carbocycles. The van der Waals surface area contributed by atoms with Gasteiger partial charge in [-0.1, -0.05) is 34.8 Å². The van der Waals surface area contributed by atoms with Crippen molar-refractivity contribution in [3.05, 3.63) is 51.1 Å². The number of aromatic hydroxyl groups is 1. The predicted molar refractivity (Wildman–Crippen MR) is 74.6 cm³/mol. The van der Waals surface area contributed by atoms with Gasteiger partial charge in [-0.05, 0) is 24.3 Å². The first-order valence-corrected chi connectivity index (χ1v) is 6.03. The van der Waals surface area contributed by atoms with Gasteiger partial charge >= 0.3 is 0 Å². The molecule has 2 aromatic rings. The van der Waals surface area contributed by atoms with Crippen LogP contribution in [0.1, 0.15) is 5.56 Å². The van der Waals surface area contributed by atoms with Gasteiger partial charge in [0.15, 0.2) is 5.82 Å². The molecule has 0 amide bonds. The number of pyridine rings is 1. The molecule has 0 aliphatic heterocycles. The smallest absolute Gasteiger partial charge is 0.151 e. The average molecular weight is 302 g/mol. The highest BCUT2D eigenvalue weighted by molar-refractivity contribution is 6.36. The van der Waals surface area contributed by atoms with Gasteiger partial charge in [-0.25, -0.2) is 9.98 Å². The van der Waals surface area contributed by atoms with Gasteiger partial charge in [-0.3, -0.25) is 0 Å². The summed E-state index contributed by atoms with van der Waals surface area (Å²) in [5.74, 6) is 0.397. The molecule has 0 aliphatic rings. The Kier molecular flexibility index (Phi) is 4.07. The number of phenols is 1. The Balaban J connectivity index is 2.31. The van der Waals surface area contributed by atoms with Crippen LogP contribution < -0.4 is 0 Å². The molecule has 6 heteroatoms. The van der Waals surface area contributed by atoms with Crippen LogP contribution in [0.25, 0.3) is 0 Å². The number of aromatic nitrogens is 1. The molecule has 1 N–H and O–H groups in total. The van der Waals surface area contributed by atoms with Crippen LogP contribution in [-0.2, 0) is 0 Å². The Morgan fingerprint density at radius 1 is 1.11 bits per heavy atom. The molecule has 0 saturated heterocycles. The third kappa shape index (κ3) is 3.13. The zero-order valence-electron chi connectivity index (χ0n) is 8.94. The van der Waals surface area contributed by atoms with E-state index in [1.54, 1.807) is 18.2 Å². The van der Waals surface area contributed by atoms with E-state index in [4.69, 9.17) is 34.8 Å². The van der Waals surface area contributed by atoms with Crippen LogP contribution in [0.4, 0.5) is 5.82 Å². The lowest BCUT2D eigenvalue weighted by molar-refractivity contribution is 0.475. The molecule has 0 fully saturated rings. The first kappa shape index (κ1) is 13.1.